The molecular formula is C14H20O2. The molecular weight excluding hydrogens is 200 g/mol. The maximum absolute atomic E-state index is 10.5. The number of hydrogen-bond acceptors (Lipinski definition) is 1. The van der Waals surface area contributed by atoms with Gasteiger partial charge in [-0.05, 0) is 36.0 Å². The third-order valence-electron chi connectivity index (χ3n) is 2.80. The monoisotopic (exact) mass is 220 g/mol. The molecule has 0 saturated heterocycles. The van der Waals surface area contributed by atoms with Gasteiger partial charge in [0.15, 0.2) is 0 Å². The van der Waals surface area contributed by atoms with Crippen LogP contribution in [0.15, 0.2) is 18.2 Å². The first-order valence-corrected chi connectivity index (χ1v) is 5.99. The van der Waals surface area contributed by atoms with E-state index in [1.165, 1.54) is 11.1 Å². The lowest BCUT2D eigenvalue weighted by atomic mass is 9.97. The van der Waals surface area contributed by atoms with E-state index < -0.39 is 5.97 Å². The number of aliphatic carboxylic acids is 1. The van der Waals surface area contributed by atoms with Crippen molar-refractivity contribution in [3.05, 3.63) is 34.9 Å². The number of aryl methyl sites for hydroxylation is 3. The van der Waals surface area contributed by atoms with Gasteiger partial charge in [-0.1, -0.05) is 38.5 Å². The molecule has 2 heteroatoms. The fourth-order valence-electron chi connectivity index (χ4n) is 1.93. The quantitative estimate of drug-likeness (QED) is 0.799. The fourth-order valence-corrected chi connectivity index (χ4v) is 1.93. The molecule has 0 aromatic heterocycles. The van der Waals surface area contributed by atoms with Crippen LogP contribution in [0, 0.1) is 0 Å². The highest BCUT2D eigenvalue weighted by molar-refractivity contribution is 5.67. The second-order valence-corrected chi connectivity index (χ2v) is 4.10. The molecule has 0 aliphatic heterocycles. The number of hydrogen-bond donors (Lipinski definition) is 1. The topological polar surface area (TPSA) is 37.3 Å². The molecule has 2 nitrogen and oxygen atoms in total. The summed E-state index contributed by atoms with van der Waals surface area (Å²) in [6.07, 6.45) is 4.13. The highest BCUT2D eigenvalue weighted by atomic mass is 16.4. The molecule has 0 unspecified atom stereocenters. The molecule has 0 bridgehead atoms. The molecule has 0 radical (unpaired) electrons. The van der Waals surface area contributed by atoms with Crippen LogP contribution in [0.2, 0.25) is 0 Å². The van der Waals surface area contributed by atoms with Crippen LogP contribution in [0.4, 0.5) is 0 Å². The summed E-state index contributed by atoms with van der Waals surface area (Å²) < 4.78 is 0. The summed E-state index contributed by atoms with van der Waals surface area (Å²) >= 11 is 0. The highest BCUT2D eigenvalue weighted by Gasteiger charge is 2.04. The van der Waals surface area contributed by atoms with Crippen LogP contribution in [0.5, 0.6) is 0 Å². The number of carboxylic acid groups (broad SMARTS) is 1. The van der Waals surface area contributed by atoms with Crippen LogP contribution in [-0.2, 0) is 24.1 Å². The number of carboxylic acids is 1. The zero-order valence-corrected chi connectivity index (χ0v) is 10.1. The normalized spacial score (nSPS) is 10.4. The van der Waals surface area contributed by atoms with E-state index in [0.717, 1.165) is 24.8 Å². The Morgan fingerprint density at radius 1 is 1.19 bits per heavy atom. The van der Waals surface area contributed by atoms with Crippen LogP contribution in [-0.4, -0.2) is 11.1 Å². The average molecular weight is 220 g/mol. The minimum absolute atomic E-state index is 0.219. The summed E-state index contributed by atoms with van der Waals surface area (Å²) in [6.45, 7) is 4.33. The minimum atomic E-state index is -0.725. The summed E-state index contributed by atoms with van der Waals surface area (Å²) in [6, 6.07) is 6.37. The lowest BCUT2D eigenvalue weighted by Crippen LogP contribution is -1.99. The maximum Gasteiger partial charge on any atom is 0.303 e. The maximum atomic E-state index is 10.5. The molecule has 0 atom stereocenters. The molecule has 0 fully saturated rings. The van der Waals surface area contributed by atoms with E-state index in [1.54, 1.807) is 0 Å². The molecule has 1 aromatic rings. The molecule has 16 heavy (non-hydrogen) atoms. The van der Waals surface area contributed by atoms with E-state index in [-0.39, 0.29) is 6.42 Å². The van der Waals surface area contributed by atoms with Crippen LogP contribution in [0.25, 0.3) is 0 Å². The molecule has 0 amide bonds. The zero-order valence-electron chi connectivity index (χ0n) is 10.1. The van der Waals surface area contributed by atoms with E-state index in [1.807, 2.05) is 0 Å². The second-order valence-electron chi connectivity index (χ2n) is 4.10. The van der Waals surface area contributed by atoms with Gasteiger partial charge in [0.1, 0.15) is 0 Å². The summed E-state index contributed by atoms with van der Waals surface area (Å²) in [5.41, 5.74) is 3.91. The lowest BCUT2D eigenvalue weighted by Gasteiger charge is -2.09. The Kier molecular flexibility index (Phi) is 5.03. The zero-order chi connectivity index (χ0) is 12.0. The van der Waals surface area contributed by atoms with Gasteiger partial charge in [-0.15, -0.1) is 0 Å². The molecule has 0 saturated carbocycles. The number of carbonyl (C=O) groups is 1. The number of rotatable bonds is 6. The standard InChI is InChI=1S/C14H20O2/c1-3-5-13-10-11(7-9-14(15)16)6-8-12(13)4-2/h6,8,10H,3-5,7,9H2,1-2H3,(H,15,16). The predicted molar refractivity (Wildman–Crippen MR) is 65.8 cm³/mol. The van der Waals surface area contributed by atoms with E-state index >= 15 is 0 Å². The molecule has 1 rings (SSSR count). The Labute approximate surface area is 97.3 Å². The predicted octanol–water partition coefficient (Wildman–Crippen LogP) is 3.22. The fraction of sp³-hybridized carbons (Fsp3) is 0.500. The van der Waals surface area contributed by atoms with Gasteiger partial charge in [0.05, 0.1) is 0 Å². The molecule has 88 valence electrons. The Morgan fingerprint density at radius 2 is 1.94 bits per heavy atom. The Balaban J connectivity index is 2.79. The molecule has 0 aliphatic rings. The van der Waals surface area contributed by atoms with Gasteiger partial charge in [-0.2, -0.15) is 0 Å². The number of benzene rings is 1. The van der Waals surface area contributed by atoms with Gasteiger partial charge in [-0.3, -0.25) is 4.79 Å². The first-order valence-electron chi connectivity index (χ1n) is 5.99. The van der Waals surface area contributed by atoms with Gasteiger partial charge < -0.3 is 5.11 Å². The molecule has 1 N–H and O–H groups in total. The smallest absolute Gasteiger partial charge is 0.303 e. The SMILES string of the molecule is CCCc1cc(CCC(=O)O)ccc1CC. The van der Waals surface area contributed by atoms with Crippen molar-refractivity contribution in [3.63, 3.8) is 0 Å². The van der Waals surface area contributed by atoms with Gasteiger partial charge in [0, 0.05) is 6.42 Å². The summed E-state index contributed by atoms with van der Waals surface area (Å²) in [5, 5.41) is 8.65. The first kappa shape index (κ1) is 12.8. The van der Waals surface area contributed by atoms with Crippen LogP contribution >= 0.6 is 0 Å². The first-order chi connectivity index (χ1) is 7.67. The van der Waals surface area contributed by atoms with Gasteiger partial charge in [0.25, 0.3) is 0 Å². The van der Waals surface area contributed by atoms with Crippen molar-refractivity contribution in [1.29, 1.82) is 0 Å². The Bertz CT molecular complexity index is 356. The van der Waals surface area contributed by atoms with Crippen molar-refractivity contribution >= 4 is 5.97 Å². The molecule has 1 aromatic carbocycles. The summed E-state index contributed by atoms with van der Waals surface area (Å²) in [7, 11) is 0. The van der Waals surface area contributed by atoms with Gasteiger partial charge >= 0.3 is 5.97 Å². The average Bonchev–Trinajstić information content (AvgIpc) is 2.27. The Morgan fingerprint density at radius 3 is 2.50 bits per heavy atom. The van der Waals surface area contributed by atoms with Crippen molar-refractivity contribution in [2.75, 3.05) is 0 Å². The summed E-state index contributed by atoms with van der Waals surface area (Å²) in [4.78, 5) is 10.5. The molecule has 0 aliphatic carbocycles. The van der Waals surface area contributed by atoms with Crippen molar-refractivity contribution in [2.24, 2.45) is 0 Å². The van der Waals surface area contributed by atoms with Crippen LogP contribution in [0.1, 0.15) is 43.4 Å². The Hall–Kier alpha value is -1.31. The van der Waals surface area contributed by atoms with E-state index in [9.17, 15) is 4.79 Å². The van der Waals surface area contributed by atoms with Crippen LogP contribution in [0.3, 0.4) is 0 Å². The highest BCUT2D eigenvalue weighted by Crippen LogP contribution is 2.16. The molecule has 0 spiro atoms. The van der Waals surface area contributed by atoms with E-state index in [2.05, 4.69) is 32.0 Å². The third kappa shape index (κ3) is 3.69. The van der Waals surface area contributed by atoms with Gasteiger partial charge in [0.2, 0.25) is 0 Å². The van der Waals surface area contributed by atoms with Crippen LogP contribution < -0.4 is 0 Å². The molecule has 0 heterocycles. The van der Waals surface area contributed by atoms with Crippen molar-refractivity contribution < 1.29 is 9.90 Å². The third-order valence-corrected chi connectivity index (χ3v) is 2.80. The van der Waals surface area contributed by atoms with E-state index in [4.69, 9.17) is 5.11 Å². The van der Waals surface area contributed by atoms with Crippen molar-refractivity contribution in [1.82, 2.24) is 0 Å². The lowest BCUT2D eigenvalue weighted by molar-refractivity contribution is -0.136. The second kappa shape index (κ2) is 6.31. The largest absolute Gasteiger partial charge is 0.481 e. The van der Waals surface area contributed by atoms with Gasteiger partial charge in [-0.25, -0.2) is 0 Å². The summed E-state index contributed by atoms with van der Waals surface area (Å²) in [5.74, 6) is -0.725. The van der Waals surface area contributed by atoms with E-state index in [0.29, 0.717) is 6.42 Å². The minimum Gasteiger partial charge on any atom is -0.481 e. The van der Waals surface area contributed by atoms with Crippen molar-refractivity contribution in [2.45, 2.75) is 46.0 Å². The van der Waals surface area contributed by atoms with Crippen molar-refractivity contribution in [3.8, 4) is 0 Å².